The maximum absolute atomic E-state index is 12.2. The average molecular weight is 245 g/mol. The third-order valence-electron chi connectivity index (χ3n) is 2.80. The molecule has 0 saturated carbocycles. The van der Waals surface area contributed by atoms with E-state index in [1.54, 1.807) is 7.05 Å². The monoisotopic (exact) mass is 245 g/mol. The molecule has 1 saturated heterocycles. The number of hydrogen-bond donors (Lipinski definition) is 1. The summed E-state index contributed by atoms with van der Waals surface area (Å²) in [6, 6.07) is 1.49. The van der Waals surface area contributed by atoms with E-state index in [4.69, 9.17) is 0 Å². The van der Waals surface area contributed by atoms with E-state index in [0.29, 0.717) is 25.9 Å². The van der Waals surface area contributed by atoms with Gasteiger partial charge in [0.15, 0.2) is 5.03 Å². The zero-order valence-corrected chi connectivity index (χ0v) is 9.89. The Kier molecular flexibility index (Phi) is 3.00. The molecule has 1 N–H and O–H groups in total. The quantitative estimate of drug-likeness (QED) is 0.767. The van der Waals surface area contributed by atoms with Crippen molar-refractivity contribution in [2.75, 3.05) is 13.1 Å². The lowest BCUT2D eigenvalue weighted by atomic mass is 10.1. The fraction of sp³-hybridized carbons (Fsp3) is 0.667. The topological polar surface area (TPSA) is 75.4 Å². The fourth-order valence-corrected chi connectivity index (χ4v) is 3.40. The van der Waals surface area contributed by atoms with Crippen LogP contribution in [0.1, 0.15) is 12.8 Å². The smallest absolute Gasteiger partial charge is 0.260 e. The molecule has 0 unspecified atom stereocenters. The van der Waals surface area contributed by atoms with Gasteiger partial charge in [-0.1, -0.05) is 0 Å². The second-order valence-electron chi connectivity index (χ2n) is 3.93. The molecule has 16 heavy (non-hydrogen) atoms. The Hall–Kier alpha value is -0.920. The van der Waals surface area contributed by atoms with Gasteiger partial charge < -0.3 is 5.11 Å². The molecule has 0 aliphatic carbocycles. The van der Waals surface area contributed by atoms with E-state index < -0.39 is 10.0 Å². The van der Waals surface area contributed by atoms with Crippen LogP contribution in [0.4, 0.5) is 0 Å². The summed E-state index contributed by atoms with van der Waals surface area (Å²) in [7, 11) is -1.85. The van der Waals surface area contributed by atoms with Crippen LogP contribution in [-0.4, -0.2) is 46.8 Å². The van der Waals surface area contributed by atoms with Gasteiger partial charge in [0.2, 0.25) is 0 Å². The predicted molar refractivity (Wildman–Crippen MR) is 57.2 cm³/mol. The van der Waals surface area contributed by atoms with Crippen LogP contribution in [0.15, 0.2) is 17.3 Å². The molecule has 0 amide bonds. The van der Waals surface area contributed by atoms with Gasteiger partial charge in [-0.05, 0) is 18.9 Å². The summed E-state index contributed by atoms with van der Waals surface area (Å²) in [6.07, 6.45) is 2.08. The molecular formula is C9H15N3O3S. The van der Waals surface area contributed by atoms with Crippen molar-refractivity contribution in [2.45, 2.75) is 24.0 Å². The number of sulfonamides is 1. The fourth-order valence-electron chi connectivity index (χ4n) is 1.83. The van der Waals surface area contributed by atoms with Crippen LogP contribution in [-0.2, 0) is 17.1 Å². The molecule has 2 heterocycles. The van der Waals surface area contributed by atoms with E-state index in [-0.39, 0.29) is 11.1 Å². The summed E-state index contributed by atoms with van der Waals surface area (Å²) in [5.74, 6) is 0. The van der Waals surface area contributed by atoms with Crippen LogP contribution in [0.5, 0.6) is 0 Å². The zero-order valence-electron chi connectivity index (χ0n) is 9.07. The number of aromatic nitrogens is 2. The van der Waals surface area contributed by atoms with Crippen molar-refractivity contribution >= 4 is 10.0 Å². The van der Waals surface area contributed by atoms with Crippen LogP contribution in [0.25, 0.3) is 0 Å². The van der Waals surface area contributed by atoms with Crippen molar-refractivity contribution in [1.29, 1.82) is 0 Å². The van der Waals surface area contributed by atoms with Gasteiger partial charge in [0.25, 0.3) is 10.0 Å². The van der Waals surface area contributed by atoms with Gasteiger partial charge in [0.1, 0.15) is 0 Å². The largest absolute Gasteiger partial charge is 0.393 e. The second-order valence-corrected chi connectivity index (χ2v) is 5.81. The molecule has 1 aromatic rings. The number of aryl methyl sites for hydroxylation is 1. The summed E-state index contributed by atoms with van der Waals surface area (Å²) in [4.78, 5) is 0. The number of piperidine rings is 1. The summed E-state index contributed by atoms with van der Waals surface area (Å²) in [6.45, 7) is 0.739. The normalized spacial score (nSPS) is 20.1. The summed E-state index contributed by atoms with van der Waals surface area (Å²) >= 11 is 0. The summed E-state index contributed by atoms with van der Waals surface area (Å²) in [5, 5.41) is 13.4. The van der Waals surface area contributed by atoms with Crippen LogP contribution >= 0.6 is 0 Å². The van der Waals surface area contributed by atoms with Crippen molar-refractivity contribution in [3.8, 4) is 0 Å². The van der Waals surface area contributed by atoms with Crippen molar-refractivity contribution in [2.24, 2.45) is 7.05 Å². The molecule has 1 aliphatic rings. The molecule has 90 valence electrons. The van der Waals surface area contributed by atoms with Crippen molar-refractivity contribution in [3.05, 3.63) is 12.3 Å². The molecular weight excluding hydrogens is 230 g/mol. The van der Waals surface area contributed by atoms with Crippen LogP contribution in [0, 0.1) is 0 Å². The standard InChI is InChI=1S/C9H15N3O3S/c1-11-9(2-5-10-11)16(14,15)12-6-3-8(13)4-7-12/h2,5,8,13H,3-4,6-7H2,1H3. The van der Waals surface area contributed by atoms with Gasteiger partial charge in [-0.25, -0.2) is 8.42 Å². The molecule has 2 rings (SSSR count). The zero-order chi connectivity index (χ0) is 11.8. The highest BCUT2D eigenvalue weighted by molar-refractivity contribution is 7.89. The lowest BCUT2D eigenvalue weighted by Crippen LogP contribution is -2.40. The number of nitrogens with zero attached hydrogens (tertiary/aromatic N) is 3. The SMILES string of the molecule is Cn1nccc1S(=O)(=O)N1CCC(O)CC1. The molecule has 0 atom stereocenters. The Morgan fingerprint density at radius 1 is 1.44 bits per heavy atom. The Balaban J connectivity index is 2.23. The summed E-state index contributed by atoms with van der Waals surface area (Å²) in [5.41, 5.74) is 0. The van der Waals surface area contributed by atoms with Crippen LogP contribution < -0.4 is 0 Å². The van der Waals surface area contributed by atoms with Gasteiger partial charge in [-0.2, -0.15) is 9.40 Å². The maximum Gasteiger partial charge on any atom is 0.260 e. The third-order valence-corrected chi connectivity index (χ3v) is 4.78. The van der Waals surface area contributed by atoms with Gasteiger partial charge in [0, 0.05) is 20.1 Å². The van der Waals surface area contributed by atoms with Gasteiger partial charge in [0.05, 0.1) is 12.3 Å². The first-order chi connectivity index (χ1) is 7.51. The molecule has 6 nitrogen and oxygen atoms in total. The average Bonchev–Trinajstić information content (AvgIpc) is 2.66. The Labute approximate surface area is 94.5 Å². The van der Waals surface area contributed by atoms with Crippen LogP contribution in [0.3, 0.4) is 0 Å². The van der Waals surface area contributed by atoms with E-state index in [0.717, 1.165) is 0 Å². The Bertz CT molecular complexity index is 460. The molecule has 1 aliphatic heterocycles. The highest BCUT2D eigenvalue weighted by Gasteiger charge is 2.30. The Morgan fingerprint density at radius 2 is 2.06 bits per heavy atom. The first kappa shape index (κ1) is 11.6. The first-order valence-corrected chi connectivity index (χ1v) is 6.62. The maximum atomic E-state index is 12.2. The van der Waals surface area contributed by atoms with Crippen molar-refractivity contribution in [3.63, 3.8) is 0 Å². The lowest BCUT2D eigenvalue weighted by Gasteiger charge is -2.28. The molecule has 0 radical (unpaired) electrons. The van der Waals surface area contributed by atoms with E-state index >= 15 is 0 Å². The molecule has 0 aromatic carbocycles. The minimum Gasteiger partial charge on any atom is -0.393 e. The van der Waals surface area contributed by atoms with E-state index in [2.05, 4.69) is 5.10 Å². The van der Waals surface area contributed by atoms with Crippen LogP contribution in [0.2, 0.25) is 0 Å². The second kappa shape index (κ2) is 4.15. The van der Waals surface area contributed by atoms with E-state index in [9.17, 15) is 13.5 Å². The van der Waals surface area contributed by atoms with E-state index in [1.165, 1.54) is 21.3 Å². The first-order valence-electron chi connectivity index (χ1n) is 5.18. The molecule has 0 spiro atoms. The number of hydrogen-bond acceptors (Lipinski definition) is 4. The number of aliphatic hydroxyl groups excluding tert-OH is 1. The van der Waals surface area contributed by atoms with Crippen molar-refractivity contribution in [1.82, 2.24) is 14.1 Å². The van der Waals surface area contributed by atoms with Gasteiger partial charge in [-0.15, -0.1) is 0 Å². The van der Waals surface area contributed by atoms with Gasteiger partial charge in [-0.3, -0.25) is 4.68 Å². The molecule has 1 fully saturated rings. The minimum atomic E-state index is -3.45. The predicted octanol–water partition coefficient (Wildman–Crippen LogP) is -0.435. The number of aliphatic hydroxyl groups is 1. The summed E-state index contributed by atoms with van der Waals surface area (Å²) < 4.78 is 27.1. The van der Waals surface area contributed by atoms with Gasteiger partial charge >= 0.3 is 0 Å². The molecule has 1 aromatic heterocycles. The third kappa shape index (κ3) is 1.98. The Morgan fingerprint density at radius 3 is 2.56 bits per heavy atom. The highest BCUT2D eigenvalue weighted by atomic mass is 32.2. The molecule has 7 heteroatoms. The molecule has 0 bridgehead atoms. The minimum absolute atomic E-state index is 0.198. The van der Waals surface area contributed by atoms with Crippen molar-refractivity contribution < 1.29 is 13.5 Å². The highest BCUT2D eigenvalue weighted by Crippen LogP contribution is 2.19. The van der Waals surface area contributed by atoms with E-state index in [1.807, 2.05) is 0 Å². The number of rotatable bonds is 2. The lowest BCUT2D eigenvalue weighted by molar-refractivity contribution is 0.113.